The van der Waals surface area contributed by atoms with E-state index < -0.39 is 6.10 Å². The van der Waals surface area contributed by atoms with Crippen LogP contribution in [-0.2, 0) is 9.53 Å². The second kappa shape index (κ2) is 10.4. The third-order valence-corrected chi connectivity index (χ3v) is 12.1. The van der Waals surface area contributed by atoms with Gasteiger partial charge in [0.05, 0.1) is 12.2 Å². The predicted molar refractivity (Wildman–Crippen MR) is 154 cm³/mol. The first-order valence-corrected chi connectivity index (χ1v) is 15.4. The number of aromatic nitrogens is 2. The van der Waals surface area contributed by atoms with Gasteiger partial charge in [-0.25, -0.2) is 0 Å². The maximum Gasteiger partial charge on any atom is 0.303 e. The average Bonchev–Trinajstić information content (AvgIpc) is 3.40. The van der Waals surface area contributed by atoms with Crippen molar-refractivity contribution in [3.63, 3.8) is 0 Å². The van der Waals surface area contributed by atoms with Gasteiger partial charge in [-0.15, -0.1) is 0 Å². The standard InChI is InChI=1S/C33H50N2O5/c1-18(2)10-9-11-22(30-34-20(4)35-40-30)28-24-16-26(38)29-31(6)14-13-25(37)19(3)23(31)12-15-32(29,7)33(24,8)17-27(28)39-21(5)36/h10,19,23-27,29,37-38H,9,11-17H2,1-8H3/b28-22-/t19-,23-,24-,25+,26+,27-,29-,31-,32-,33-/m0/s1. The lowest BCUT2D eigenvalue weighted by molar-refractivity contribution is -0.234. The van der Waals surface area contributed by atoms with E-state index >= 15 is 0 Å². The van der Waals surface area contributed by atoms with Crippen LogP contribution in [0.2, 0.25) is 0 Å². The number of aryl methyl sites for hydroxylation is 1. The molecule has 4 saturated carbocycles. The Morgan fingerprint density at radius 2 is 1.82 bits per heavy atom. The molecular weight excluding hydrogens is 504 g/mol. The van der Waals surface area contributed by atoms with E-state index in [9.17, 15) is 15.0 Å². The van der Waals surface area contributed by atoms with Crippen LogP contribution in [0.15, 0.2) is 21.7 Å². The lowest BCUT2D eigenvalue weighted by Crippen LogP contribution is -2.65. The minimum Gasteiger partial charge on any atom is -0.458 e. The first-order chi connectivity index (χ1) is 18.7. The fraction of sp³-hybridized carbons (Fsp3) is 0.788. The molecule has 2 N–H and O–H groups in total. The first kappa shape index (κ1) is 29.5. The quantitative estimate of drug-likeness (QED) is 0.319. The van der Waals surface area contributed by atoms with Gasteiger partial charge in [0.15, 0.2) is 5.82 Å². The summed E-state index contributed by atoms with van der Waals surface area (Å²) in [5.41, 5.74) is 2.91. The van der Waals surface area contributed by atoms with Crippen LogP contribution in [-0.4, -0.2) is 44.6 Å². The molecule has 4 fully saturated rings. The molecule has 0 amide bonds. The Balaban J connectivity index is 1.64. The summed E-state index contributed by atoms with van der Waals surface area (Å²) < 4.78 is 11.9. The van der Waals surface area contributed by atoms with Crippen molar-refractivity contribution >= 4 is 11.5 Å². The molecule has 1 heterocycles. The first-order valence-electron chi connectivity index (χ1n) is 15.4. The van der Waals surface area contributed by atoms with Crippen molar-refractivity contribution in [2.24, 2.45) is 39.9 Å². The van der Waals surface area contributed by atoms with Crippen molar-refractivity contribution in [3.05, 3.63) is 28.9 Å². The van der Waals surface area contributed by atoms with Gasteiger partial charge in [-0.1, -0.05) is 44.5 Å². The highest BCUT2D eigenvalue weighted by molar-refractivity contribution is 5.70. The second-order valence-electron chi connectivity index (χ2n) is 14.5. The third-order valence-electron chi connectivity index (χ3n) is 12.1. The van der Waals surface area contributed by atoms with Gasteiger partial charge < -0.3 is 19.5 Å². The summed E-state index contributed by atoms with van der Waals surface area (Å²) in [5, 5.41) is 27.0. The van der Waals surface area contributed by atoms with Crippen LogP contribution in [0, 0.1) is 46.8 Å². The average molecular weight is 555 g/mol. The molecule has 0 bridgehead atoms. The molecule has 0 radical (unpaired) electrons. The number of allylic oxidation sites excluding steroid dienone is 3. The van der Waals surface area contributed by atoms with Crippen LogP contribution in [0.4, 0.5) is 0 Å². The van der Waals surface area contributed by atoms with Gasteiger partial charge in [-0.2, -0.15) is 4.98 Å². The maximum atomic E-state index is 12.5. The molecule has 7 heteroatoms. The minimum absolute atomic E-state index is 0.0359. The SMILES string of the molecule is CC(=O)O[C@H]1C[C@@]2(C)[C@@H](C[C@@H](O)[C@H]3[C@@]4(C)CC[C@@H](O)[C@@H](C)[C@@H]4CC[C@@]32C)/C1=C(\CCC=C(C)C)c1nc(C)no1. The van der Waals surface area contributed by atoms with E-state index in [1.54, 1.807) is 0 Å². The second-order valence-corrected chi connectivity index (χ2v) is 14.5. The van der Waals surface area contributed by atoms with E-state index in [-0.39, 0.29) is 52.2 Å². The largest absolute Gasteiger partial charge is 0.458 e. The van der Waals surface area contributed by atoms with Crippen LogP contribution >= 0.6 is 0 Å². The zero-order valence-corrected chi connectivity index (χ0v) is 25.8. The number of carbonyl (C=O) groups excluding carboxylic acids is 1. The Morgan fingerprint density at radius 3 is 2.45 bits per heavy atom. The Labute approximate surface area is 239 Å². The summed E-state index contributed by atoms with van der Waals surface area (Å²) >= 11 is 0. The number of hydrogen-bond acceptors (Lipinski definition) is 7. The van der Waals surface area contributed by atoms with Crippen molar-refractivity contribution in [1.82, 2.24) is 10.1 Å². The van der Waals surface area contributed by atoms with Gasteiger partial charge in [0.25, 0.3) is 5.89 Å². The lowest BCUT2D eigenvalue weighted by Gasteiger charge is -2.69. The van der Waals surface area contributed by atoms with Crippen molar-refractivity contribution in [2.45, 2.75) is 125 Å². The smallest absolute Gasteiger partial charge is 0.303 e. The van der Waals surface area contributed by atoms with E-state index in [4.69, 9.17) is 9.26 Å². The summed E-state index contributed by atoms with van der Waals surface area (Å²) in [6.45, 7) is 16.9. The van der Waals surface area contributed by atoms with E-state index in [1.165, 1.54) is 12.5 Å². The number of hydrogen-bond donors (Lipinski definition) is 2. The van der Waals surface area contributed by atoms with Crippen molar-refractivity contribution in [2.75, 3.05) is 0 Å². The highest BCUT2D eigenvalue weighted by Crippen LogP contribution is 2.74. The molecule has 0 saturated heterocycles. The Bertz CT molecular complexity index is 1200. The maximum absolute atomic E-state index is 12.5. The monoisotopic (exact) mass is 554 g/mol. The molecule has 1 aromatic rings. The summed E-state index contributed by atoms with van der Waals surface area (Å²) in [7, 11) is 0. The van der Waals surface area contributed by atoms with Crippen LogP contribution < -0.4 is 0 Å². The highest BCUT2D eigenvalue weighted by Gasteiger charge is 2.70. The van der Waals surface area contributed by atoms with Crippen LogP contribution in [0.1, 0.15) is 112 Å². The fourth-order valence-corrected chi connectivity index (χ4v) is 10.2. The van der Waals surface area contributed by atoms with E-state index in [2.05, 4.69) is 57.8 Å². The molecule has 7 nitrogen and oxygen atoms in total. The molecular formula is C33H50N2O5. The Kier molecular flexibility index (Phi) is 7.65. The topological polar surface area (TPSA) is 106 Å². The van der Waals surface area contributed by atoms with Gasteiger partial charge in [0.1, 0.15) is 6.10 Å². The predicted octanol–water partition coefficient (Wildman–Crippen LogP) is 6.43. The molecule has 40 heavy (non-hydrogen) atoms. The number of esters is 1. The zero-order valence-electron chi connectivity index (χ0n) is 25.8. The fourth-order valence-electron chi connectivity index (χ4n) is 10.2. The molecule has 4 aliphatic carbocycles. The molecule has 222 valence electrons. The number of carbonyl (C=O) groups is 1. The summed E-state index contributed by atoms with van der Waals surface area (Å²) in [6, 6.07) is 0. The molecule has 4 aliphatic rings. The van der Waals surface area contributed by atoms with Gasteiger partial charge in [-0.05, 0) is 118 Å². The van der Waals surface area contributed by atoms with Crippen LogP contribution in [0.25, 0.3) is 5.57 Å². The molecule has 0 unspecified atom stereocenters. The normalized spacial score (nSPS) is 43.8. The molecule has 0 aromatic carbocycles. The summed E-state index contributed by atoms with van der Waals surface area (Å²) in [6.07, 6.45) is 7.73. The number of nitrogens with zero attached hydrogens (tertiary/aromatic N) is 2. The summed E-state index contributed by atoms with van der Waals surface area (Å²) in [4.78, 5) is 17.1. The van der Waals surface area contributed by atoms with Gasteiger partial charge in [0, 0.05) is 12.5 Å². The van der Waals surface area contributed by atoms with Crippen molar-refractivity contribution < 1.29 is 24.3 Å². The molecule has 5 rings (SSSR count). The molecule has 1 aromatic heterocycles. The zero-order chi connectivity index (χ0) is 29.2. The number of rotatable bonds is 5. The van der Waals surface area contributed by atoms with E-state index in [1.807, 2.05) is 6.92 Å². The van der Waals surface area contributed by atoms with Crippen LogP contribution in [0.5, 0.6) is 0 Å². The molecule has 0 aliphatic heterocycles. The summed E-state index contributed by atoms with van der Waals surface area (Å²) in [5.74, 6) is 1.57. The van der Waals surface area contributed by atoms with Crippen LogP contribution in [0.3, 0.4) is 0 Å². The molecule has 10 atom stereocenters. The Morgan fingerprint density at radius 1 is 1.10 bits per heavy atom. The van der Waals surface area contributed by atoms with Crippen molar-refractivity contribution in [1.29, 1.82) is 0 Å². The highest BCUT2D eigenvalue weighted by atomic mass is 16.5. The van der Waals surface area contributed by atoms with Gasteiger partial charge >= 0.3 is 5.97 Å². The minimum atomic E-state index is -0.479. The van der Waals surface area contributed by atoms with Gasteiger partial charge in [0.2, 0.25) is 0 Å². The Hall–Kier alpha value is -1.99. The van der Waals surface area contributed by atoms with E-state index in [0.29, 0.717) is 30.5 Å². The number of ether oxygens (including phenoxy) is 1. The van der Waals surface area contributed by atoms with Crippen molar-refractivity contribution in [3.8, 4) is 0 Å². The third kappa shape index (κ3) is 4.50. The number of aliphatic hydroxyl groups excluding tert-OH is 2. The number of fused-ring (bicyclic) bond motifs is 5. The van der Waals surface area contributed by atoms with E-state index in [0.717, 1.165) is 49.7 Å². The van der Waals surface area contributed by atoms with Gasteiger partial charge in [-0.3, -0.25) is 4.79 Å². The lowest BCUT2D eigenvalue weighted by atomic mass is 9.36. The molecule has 0 spiro atoms. The number of aliphatic hydroxyl groups is 2.